The second kappa shape index (κ2) is 6.91. The number of hydrogen-bond donors (Lipinski definition) is 1. The van der Waals surface area contributed by atoms with Crippen LogP contribution in [0.4, 0.5) is 0 Å². The molecule has 0 aliphatic carbocycles. The lowest BCUT2D eigenvalue weighted by Crippen LogP contribution is -2.23. The van der Waals surface area contributed by atoms with E-state index < -0.39 is 0 Å². The quantitative estimate of drug-likeness (QED) is 0.921. The maximum absolute atomic E-state index is 12.1. The number of nitrogens with zero attached hydrogens (tertiary/aromatic N) is 1. The van der Waals surface area contributed by atoms with Gasteiger partial charge in [0.25, 0.3) is 5.91 Å². The number of pyridine rings is 1. The predicted octanol–water partition coefficient (Wildman–Crippen LogP) is 3.06. The number of ether oxygens (including phenoxy) is 1. The number of benzene rings is 1. The zero-order valence-corrected chi connectivity index (χ0v) is 11.9. The molecule has 104 valence electrons. The summed E-state index contributed by atoms with van der Waals surface area (Å²) in [5.41, 5.74) is 1.41. The van der Waals surface area contributed by atoms with Crippen LogP contribution in [0.15, 0.2) is 42.6 Å². The van der Waals surface area contributed by atoms with Crippen molar-refractivity contribution in [2.45, 2.75) is 13.5 Å². The lowest BCUT2D eigenvalue weighted by molar-refractivity contribution is 0.0946. The standard InChI is InChI=1S/C15H15ClN2O2/c1-2-20-15-13(4-3-9-17-15)14(19)18-10-11-5-7-12(16)8-6-11/h3-9H,2,10H2,1H3,(H,18,19). The summed E-state index contributed by atoms with van der Waals surface area (Å²) in [5, 5.41) is 3.50. The van der Waals surface area contributed by atoms with Gasteiger partial charge in [0, 0.05) is 17.8 Å². The van der Waals surface area contributed by atoms with Crippen LogP contribution in [0.25, 0.3) is 0 Å². The van der Waals surface area contributed by atoms with E-state index in [9.17, 15) is 4.79 Å². The number of carbonyl (C=O) groups excluding carboxylic acids is 1. The van der Waals surface area contributed by atoms with Crippen LogP contribution >= 0.6 is 11.6 Å². The van der Waals surface area contributed by atoms with Crippen LogP contribution in [-0.4, -0.2) is 17.5 Å². The van der Waals surface area contributed by atoms with E-state index >= 15 is 0 Å². The van der Waals surface area contributed by atoms with E-state index in [1.807, 2.05) is 19.1 Å². The summed E-state index contributed by atoms with van der Waals surface area (Å²) in [5.74, 6) is 0.139. The third-order valence-electron chi connectivity index (χ3n) is 2.66. The molecule has 1 aromatic heterocycles. The van der Waals surface area contributed by atoms with Gasteiger partial charge in [-0.25, -0.2) is 4.98 Å². The molecule has 1 N–H and O–H groups in total. The molecule has 0 aliphatic heterocycles. The molecule has 0 unspecified atom stereocenters. The van der Waals surface area contributed by atoms with Crippen LogP contribution in [0.5, 0.6) is 5.88 Å². The molecule has 0 spiro atoms. The fraction of sp³-hybridized carbons (Fsp3) is 0.200. The van der Waals surface area contributed by atoms with Crippen molar-refractivity contribution in [1.82, 2.24) is 10.3 Å². The van der Waals surface area contributed by atoms with Gasteiger partial charge in [0.05, 0.1) is 6.61 Å². The van der Waals surface area contributed by atoms with Gasteiger partial charge in [-0.05, 0) is 36.8 Å². The van der Waals surface area contributed by atoms with Crippen molar-refractivity contribution < 1.29 is 9.53 Å². The van der Waals surface area contributed by atoms with E-state index in [2.05, 4.69) is 10.3 Å². The van der Waals surface area contributed by atoms with Gasteiger partial charge in [0.2, 0.25) is 5.88 Å². The van der Waals surface area contributed by atoms with E-state index in [-0.39, 0.29) is 5.91 Å². The van der Waals surface area contributed by atoms with Gasteiger partial charge in [0.1, 0.15) is 5.56 Å². The van der Waals surface area contributed by atoms with Gasteiger partial charge in [-0.2, -0.15) is 0 Å². The molecule has 0 saturated carbocycles. The molecule has 0 atom stereocenters. The Hall–Kier alpha value is -2.07. The molecule has 1 amide bonds. The largest absolute Gasteiger partial charge is 0.477 e. The summed E-state index contributed by atoms with van der Waals surface area (Å²) >= 11 is 5.81. The lowest BCUT2D eigenvalue weighted by Gasteiger charge is -2.09. The molecule has 1 aromatic carbocycles. The second-order valence-electron chi connectivity index (χ2n) is 4.10. The number of halogens is 1. The van der Waals surface area contributed by atoms with E-state index in [1.54, 1.807) is 30.5 Å². The number of aromatic nitrogens is 1. The van der Waals surface area contributed by atoms with Gasteiger partial charge in [-0.1, -0.05) is 23.7 Å². The highest BCUT2D eigenvalue weighted by molar-refractivity contribution is 6.30. The van der Waals surface area contributed by atoms with Crippen LogP contribution in [-0.2, 0) is 6.54 Å². The van der Waals surface area contributed by atoms with Crippen LogP contribution < -0.4 is 10.1 Å². The fourth-order valence-corrected chi connectivity index (χ4v) is 1.82. The molecule has 2 rings (SSSR count). The van der Waals surface area contributed by atoms with E-state index in [0.717, 1.165) is 5.56 Å². The second-order valence-corrected chi connectivity index (χ2v) is 4.53. The molecule has 0 fully saturated rings. The Morgan fingerprint density at radius 2 is 2.05 bits per heavy atom. The highest BCUT2D eigenvalue weighted by atomic mass is 35.5. The van der Waals surface area contributed by atoms with Gasteiger partial charge in [-0.3, -0.25) is 4.79 Å². The summed E-state index contributed by atoms with van der Waals surface area (Å²) in [6.07, 6.45) is 1.60. The van der Waals surface area contributed by atoms with Crippen molar-refractivity contribution in [2.24, 2.45) is 0 Å². The number of amides is 1. The molecule has 0 radical (unpaired) electrons. The summed E-state index contributed by atoms with van der Waals surface area (Å²) in [6, 6.07) is 10.7. The van der Waals surface area contributed by atoms with Gasteiger partial charge >= 0.3 is 0 Å². The molecular weight excluding hydrogens is 276 g/mol. The Morgan fingerprint density at radius 1 is 1.30 bits per heavy atom. The maximum atomic E-state index is 12.1. The number of hydrogen-bond acceptors (Lipinski definition) is 3. The Morgan fingerprint density at radius 3 is 2.75 bits per heavy atom. The monoisotopic (exact) mass is 290 g/mol. The number of carbonyl (C=O) groups is 1. The highest BCUT2D eigenvalue weighted by Crippen LogP contribution is 2.14. The Bertz CT molecular complexity index is 585. The summed E-state index contributed by atoms with van der Waals surface area (Å²) < 4.78 is 5.34. The summed E-state index contributed by atoms with van der Waals surface area (Å²) in [6.45, 7) is 2.75. The maximum Gasteiger partial charge on any atom is 0.257 e. The van der Waals surface area contributed by atoms with Crippen molar-refractivity contribution in [3.05, 3.63) is 58.7 Å². The molecule has 20 heavy (non-hydrogen) atoms. The Kier molecular flexibility index (Phi) is 4.96. The third kappa shape index (κ3) is 3.71. The topological polar surface area (TPSA) is 51.2 Å². The predicted molar refractivity (Wildman–Crippen MR) is 78.0 cm³/mol. The first-order valence-electron chi connectivity index (χ1n) is 6.31. The number of nitrogens with one attached hydrogen (secondary N) is 1. The minimum Gasteiger partial charge on any atom is -0.477 e. The summed E-state index contributed by atoms with van der Waals surface area (Å²) in [4.78, 5) is 16.2. The minimum atomic E-state index is -0.212. The van der Waals surface area contributed by atoms with Crippen molar-refractivity contribution in [3.8, 4) is 5.88 Å². The number of rotatable bonds is 5. The molecule has 5 heteroatoms. The van der Waals surface area contributed by atoms with E-state index in [0.29, 0.717) is 29.6 Å². The first-order valence-corrected chi connectivity index (χ1v) is 6.69. The van der Waals surface area contributed by atoms with Gasteiger partial charge in [-0.15, -0.1) is 0 Å². The highest BCUT2D eigenvalue weighted by Gasteiger charge is 2.12. The SMILES string of the molecule is CCOc1ncccc1C(=O)NCc1ccc(Cl)cc1. The van der Waals surface area contributed by atoms with E-state index in [4.69, 9.17) is 16.3 Å². The Labute approximate surface area is 122 Å². The van der Waals surface area contributed by atoms with Crippen molar-refractivity contribution in [3.63, 3.8) is 0 Å². The normalized spacial score (nSPS) is 10.1. The van der Waals surface area contributed by atoms with Crippen molar-refractivity contribution in [1.29, 1.82) is 0 Å². The van der Waals surface area contributed by atoms with Crippen LogP contribution in [0.3, 0.4) is 0 Å². The van der Waals surface area contributed by atoms with Crippen LogP contribution in [0, 0.1) is 0 Å². The molecule has 4 nitrogen and oxygen atoms in total. The van der Waals surface area contributed by atoms with Gasteiger partial charge in [0.15, 0.2) is 0 Å². The molecular formula is C15H15ClN2O2. The average molecular weight is 291 g/mol. The lowest BCUT2D eigenvalue weighted by atomic mass is 10.2. The van der Waals surface area contributed by atoms with Crippen molar-refractivity contribution in [2.75, 3.05) is 6.61 Å². The van der Waals surface area contributed by atoms with Crippen LogP contribution in [0.1, 0.15) is 22.8 Å². The van der Waals surface area contributed by atoms with E-state index in [1.165, 1.54) is 0 Å². The zero-order valence-electron chi connectivity index (χ0n) is 11.1. The molecule has 0 bridgehead atoms. The first kappa shape index (κ1) is 14.3. The molecule has 0 aliphatic rings. The minimum absolute atomic E-state index is 0.212. The van der Waals surface area contributed by atoms with Gasteiger partial charge < -0.3 is 10.1 Å². The smallest absolute Gasteiger partial charge is 0.257 e. The Balaban J connectivity index is 2.03. The summed E-state index contributed by atoms with van der Waals surface area (Å²) in [7, 11) is 0. The average Bonchev–Trinajstić information content (AvgIpc) is 2.47. The fourth-order valence-electron chi connectivity index (χ4n) is 1.70. The van der Waals surface area contributed by atoms with Crippen LogP contribution in [0.2, 0.25) is 5.02 Å². The molecule has 2 aromatic rings. The first-order chi connectivity index (χ1) is 9.70. The zero-order chi connectivity index (χ0) is 14.4. The molecule has 1 heterocycles. The van der Waals surface area contributed by atoms with Crippen molar-refractivity contribution >= 4 is 17.5 Å². The molecule has 0 saturated heterocycles. The third-order valence-corrected chi connectivity index (χ3v) is 2.92.